The molecule has 0 radical (unpaired) electrons. The number of ether oxygens (including phenoxy) is 2. The number of alkyl halides is 3. The lowest BCUT2D eigenvalue weighted by molar-refractivity contribution is -0.137. The molecule has 1 fully saturated rings. The number of piperazine rings is 1. The van der Waals surface area contributed by atoms with Gasteiger partial charge in [-0.3, -0.25) is 4.57 Å². The van der Waals surface area contributed by atoms with Gasteiger partial charge in [-0.25, -0.2) is 18.4 Å². The molecule has 0 aliphatic carbocycles. The minimum Gasteiger partial charge on any atom is -0.444 e. The largest absolute Gasteiger partial charge is 0.444 e. The van der Waals surface area contributed by atoms with E-state index in [0.717, 1.165) is 23.9 Å². The average Bonchev–Trinajstić information content (AvgIpc) is 3.12. The van der Waals surface area contributed by atoms with Crippen molar-refractivity contribution >= 4 is 46.2 Å². The van der Waals surface area contributed by atoms with E-state index in [-0.39, 0.29) is 53.5 Å². The van der Waals surface area contributed by atoms with Gasteiger partial charge in [-0.15, -0.1) is 11.8 Å². The maximum absolute atomic E-state index is 15.2. The Hall–Kier alpha value is -3.10. The SMILES string of the molecule is CO[C@@H]1CSc2c(-c3cc(Cl)c(F)cc3F)c(C(F)(F)F)cc3c(N4CCN(C(=O)OC(C)(C)C)C[C@@H]4C)nc(=O)n(c23)C1. The van der Waals surface area contributed by atoms with Crippen LogP contribution in [0.15, 0.2) is 27.9 Å². The molecule has 2 atom stereocenters. The maximum Gasteiger partial charge on any atom is 0.417 e. The Kier molecular flexibility index (Phi) is 8.57. The smallest absolute Gasteiger partial charge is 0.417 e. The second kappa shape index (κ2) is 11.7. The van der Waals surface area contributed by atoms with Crippen LogP contribution in [-0.2, 0) is 22.2 Å². The number of benzene rings is 2. The molecule has 238 valence electrons. The number of carbonyl (C=O) groups is 1. The van der Waals surface area contributed by atoms with Gasteiger partial charge in [0.1, 0.15) is 23.1 Å². The van der Waals surface area contributed by atoms with Gasteiger partial charge >= 0.3 is 18.0 Å². The van der Waals surface area contributed by atoms with Gasteiger partial charge in [0.15, 0.2) is 0 Å². The van der Waals surface area contributed by atoms with Gasteiger partial charge in [0, 0.05) is 66.0 Å². The molecule has 0 N–H and O–H groups in total. The molecule has 1 aromatic heterocycles. The highest BCUT2D eigenvalue weighted by molar-refractivity contribution is 7.99. The molecule has 44 heavy (non-hydrogen) atoms. The van der Waals surface area contributed by atoms with E-state index in [9.17, 15) is 27.2 Å². The number of amides is 1. The number of halogens is 6. The number of thioether (sulfide) groups is 1. The summed E-state index contributed by atoms with van der Waals surface area (Å²) >= 11 is 6.89. The molecule has 2 aromatic carbocycles. The zero-order valence-corrected chi connectivity index (χ0v) is 26.1. The van der Waals surface area contributed by atoms with Gasteiger partial charge in [0.05, 0.1) is 28.8 Å². The van der Waals surface area contributed by atoms with Crippen LogP contribution in [0.3, 0.4) is 0 Å². The summed E-state index contributed by atoms with van der Waals surface area (Å²) in [6.45, 7) is 7.46. The van der Waals surface area contributed by atoms with Crippen LogP contribution < -0.4 is 10.6 Å². The van der Waals surface area contributed by atoms with E-state index in [4.69, 9.17) is 21.1 Å². The van der Waals surface area contributed by atoms with Crippen molar-refractivity contribution in [3.8, 4) is 11.1 Å². The lowest BCUT2D eigenvalue weighted by Crippen LogP contribution is -2.55. The maximum atomic E-state index is 15.2. The van der Waals surface area contributed by atoms with E-state index < -0.39 is 69.1 Å². The second-order valence-corrected chi connectivity index (χ2v) is 13.2. The molecule has 3 heterocycles. The molecule has 8 nitrogen and oxygen atoms in total. The second-order valence-electron chi connectivity index (χ2n) is 11.7. The molecule has 0 unspecified atom stereocenters. The molecular weight excluding hydrogens is 631 g/mol. The highest BCUT2D eigenvalue weighted by atomic mass is 35.5. The third-order valence-corrected chi connectivity index (χ3v) is 8.98. The van der Waals surface area contributed by atoms with E-state index in [1.807, 2.05) is 0 Å². The monoisotopic (exact) mass is 660 g/mol. The number of hydrogen-bond donors (Lipinski definition) is 0. The number of hydrogen-bond acceptors (Lipinski definition) is 7. The molecule has 0 saturated carbocycles. The van der Waals surface area contributed by atoms with Crippen molar-refractivity contribution in [2.45, 2.75) is 63.1 Å². The normalized spacial score (nSPS) is 19.3. The van der Waals surface area contributed by atoms with Crippen molar-refractivity contribution in [2.75, 3.05) is 37.4 Å². The predicted molar refractivity (Wildman–Crippen MR) is 158 cm³/mol. The summed E-state index contributed by atoms with van der Waals surface area (Å²) in [6.07, 6.45) is -6.10. The zero-order chi connectivity index (χ0) is 32.3. The fourth-order valence-corrected chi connectivity index (χ4v) is 6.95. The summed E-state index contributed by atoms with van der Waals surface area (Å²) in [5.41, 5.74) is -3.64. The van der Waals surface area contributed by atoms with Crippen LogP contribution in [0.4, 0.5) is 32.6 Å². The quantitative estimate of drug-likeness (QED) is 0.232. The fraction of sp³-hybridized carbons (Fsp3) is 0.483. The lowest BCUT2D eigenvalue weighted by atomic mass is 9.95. The van der Waals surface area contributed by atoms with Gasteiger partial charge in [-0.2, -0.15) is 18.2 Å². The van der Waals surface area contributed by atoms with Crippen molar-refractivity contribution in [2.24, 2.45) is 0 Å². The first-order chi connectivity index (χ1) is 20.5. The highest BCUT2D eigenvalue weighted by Gasteiger charge is 2.40. The van der Waals surface area contributed by atoms with Crippen LogP contribution in [0.5, 0.6) is 0 Å². The Labute approximate surface area is 259 Å². The summed E-state index contributed by atoms with van der Waals surface area (Å²) in [6, 6.07) is 1.65. The van der Waals surface area contributed by atoms with Gasteiger partial charge in [-0.1, -0.05) is 11.6 Å². The Morgan fingerprint density at radius 2 is 1.80 bits per heavy atom. The van der Waals surface area contributed by atoms with Crippen LogP contribution >= 0.6 is 23.4 Å². The van der Waals surface area contributed by atoms with Gasteiger partial charge in [0.25, 0.3) is 0 Å². The number of carbonyl (C=O) groups excluding carboxylic acids is 1. The number of nitrogens with zero attached hydrogens (tertiary/aromatic N) is 4. The van der Waals surface area contributed by atoms with E-state index in [1.54, 1.807) is 32.6 Å². The molecule has 0 spiro atoms. The topological polar surface area (TPSA) is 76.9 Å². The van der Waals surface area contributed by atoms with Crippen LogP contribution in [0.1, 0.15) is 33.3 Å². The summed E-state index contributed by atoms with van der Waals surface area (Å²) < 4.78 is 86.0. The van der Waals surface area contributed by atoms with Crippen LogP contribution in [0, 0.1) is 11.6 Å². The summed E-state index contributed by atoms with van der Waals surface area (Å²) in [5.74, 6) is -2.22. The van der Waals surface area contributed by atoms with Gasteiger partial charge < -0.3 is 19.3 Å². The molecular formula is C29H30ClF5N4O4S. The molecule has 2 aliphatic heterocycles. The van der Waals surface area contributed by atoms with Crippen LogP contribution in [0.25, 0.3) is 22.0 Å². The fourth-order valence-electron chi connectivity index (χ4n) is 5.47. The molecule has 0 bridgehead atoms. The summed E-state index contributed by atoms with van der Waals surface area (Å²) in [7, 11) is 1.42. The molecule has 15 heteroatoms. The molecule has 3 aromatic rings. The Balaban J connectivity index is 1.76. The third-order valence-electron chi connectivity index (χ3n) is 7.47. The molecule has 1 saturated heterocycles. The highest BCUT2D eigenvalue weighted by Crippen LogP contribution is 2.49. The standard InChI is InChI=1S/C29H30ClF5N4O4S/c1-14-11-37(27(41)43-28(2,3)4)6-7-38(14)25-17-8-18(29(33,34)35)22(16-9-19(30)21(32)10-20(16)31)24-23(17)39(26(40)36-25)12-15(42-5)13-44-24/h8-10,14-15H,6-7,11-13H2,1-5H3/t14-,15-/m0/s1. The molecule has 2 aliphatic rings. The van der Waals surface area contributed by atoms with E-state index in [2.05, 4.69) is 4.98 Å². The predicted octanol–water partition coefficient (Wildman–Crippen LogP) is 6.58. The number of rotatable bonds is 3. The van der Waals surface area contributed by atoms with E-state index in [1.165, 1.54) is 16.6 Å². The first kappa shape index (κ1) is 32.3. The van der Waals surface area contributed by atoms with Crippen molar-refractivity contribution < 1.29 is 36.2 Å². The van der Waals surface area contributed by atoms with Crippen LogP contribution in [-0.4, -0.2) is 70.8 Å². The first-order valence-electron chi connectivity index (χ1n) is 13.7. The Morgan fingerprint density at radius 3 is 2.41 bits per heavy atom. The minimum atomic E-state index is -4.99. The molecule has 5 rings (SSSR count). The van der Waals surface area contributed by atoms with E-state index >= 15 is 4.39 Å². The van der Waals surface area contributed by atoms with E-state index in [0.29, 0.717) is 6.07 Å². The Bertz CT molecular complexity index is 1690. The van der Waals surface area contributed by atoms with Gasteiger partial charge in [0.2, 0.25) is 0 Å². The van der Waals surface area contributed by atoms with Crippen molar-refractivity contribution in [1.29, 1.82) is 0 Å². The van der Waals surface area contributed by atoms with Crippen molar-refractivity contribution in [1.82, 2.24) is 14.5 Å². The van der Waals surface area contributed by atoms with Crippen molar-refractivity contribution in [3.05, 3.63) is 50.9 Å². The first-order valence-corrected chi connectivity index (χ1v) is 15.1. The summed E-state index contributed by atoms with van der Waals surface area (Å²) in [5, 5.41) is -0.536. The Morgan fingerprint density at radius 1 is 1.09 bits per heavy atom. The minimum absolute atomic E-state index is 0.00460. The van der Waals surface area contributed by atoms with Crippen molar-refractivity contribution in [3.63, 3.8) is 0 Å². The van der Waals surface area contributed by atoms with Crippen LogP contribution in [0.2, 0.25) is 5.02 Å². The lowest BCUT2D eigenvalue weighted by Gasteiger charge is -2.41. The number of anilines is 1. The summed E-state index contributed by atoms with van der Waals surface area (Å²) in [4.78, 5) is 33.7. The zero-order valence-electron chi connectivity index (χ0n) is 24.5. The van der Waals surface area contributed by atoms with Gasteiger partial charge in [-0.05, 0) is 39.8 Å². The molecule has 1 amide bonds. The number of aromatic nitrogens is 2. The average molecular weight is 661 g/mol. The third kappa shape index (κ3) is 6.08. The number of methoxy groups -OCH3 is 1.